The summed E-state index contributed by atoms with van der Waals surface area (Å²) in [5.74, 6) is -2.25. The van der Waals surface area contributed by atoms with E-state index in [9.17, 15) is 19.2 Å². The van der Waals surface area contributed by atoms with Gasteiger partial charge in [0.2, 0.25) is 5.78 Å². The predicted octanol–water partition coefficient (Wildman–Crippen LogP) is -0.577. The number of rotatable bonds is 7. The Labute approximate surface area is 108 Å². The molecule has 0 saturated heterocycles. The van der Waals surface area contributed by atoms with Crippen molar-refractivity contribution in [1.82, 2.24) is 5.32 Å². The van der Waals surface area contributed by atoms with E-state index >= 15 is 0 Å². The number of Topliss-reactive ketones (excluding diaryl/α,β-unsaturated/α-hetero) is 1. The summed E-state index contributed by atoms with van der Waals surface area (Å²) in [6.07, 6.45) is 0.473. The van der Waals surface area contributed by atoms with Gasteiger partial charge >= 0.3 is 5.97 Å². The first-order chi connectivity index (χ1) is 8.51. The highest BCUT2D eigenvalue weighted by Crippen LogP contribution is 1.93. The summed E-state index contributed by atoms with van der Waals surface area (Å²) < 4.78 is 4.26. The smallest absolute Gasteiger partial charge is 0.325 e. The molecule has 0 aliphatic carbocycles. The summed E-state index contributed by atoms with van der Waals surface area (Å²) in [4.78, 5) is 43.0. The Morgan fingerprint density at radius 2 is 1.94 bits per heavy atom. The number of carbonyl (C=O) groups excluding carboxylic acids is 4. The van der Waals surface area contributed by atoms with Crippen molar-refractivity contribution in [3.63, 3.8) is 0 Å². The quantitative estimate of drug-likeness (QED) is 0.360. The summed E-state index contributed by atoms with van der Waals surface area (Å²) in [5, 5.41) is 2.08. The van der Waals surface area contributed by atoms with Crippen LogP contribution in [0.15, 0.2) is 0 Å². The monoisotopic (exact) mass is 262 g/mol. The first-order valence-electron chi connectivity index (χ1n) is 5.60. The van der Waals surface area contributed by atoms with Crippen LogP contribution in [-0.2, 0) is 23.9 Å². The average molecular weight is 262 g/mol. The van der Waals surface area contributed by atoms with Gasteiger partial charge in [-0.1, -0.05) is 13.8 Å². The average Bonchev–Trinajstić information content (AvgIpc) is 2.43. The number of amides is 1. The molecule has 0 spiro atoms. The fourth-order valence-electron chi connectivity index (χ4n) is 0.803. The van der Waals surface area contributed by atoms with Crippen molar-refractivity contribution >= 4 is 23.9 Å². The molecule has 0 unspecified atom stereocenters. The van der Waals surface area contributed by atoms with E-state index in [1.54, 1.807) is 0 Å². The van der Waals surface area contributed by atoms with Crippen molar-refractivity contribution < 1.29 is 25.3 Å². The van der Waals surface area contributed by atoms with Crippen LogP contribution in [0.25, 0.3) is 0 Å². The van der Waals surface area contributed by atoms with Crippen molar-refractivity contribution in [2.75, 3.05) is 13.7 Å². The Bertz CT molecular complexity index is 297. The van der Waals surface area contributed by atoms with E-state index in [0.717, 1.165) is 0 Å². The Morgan fingerprint density at radius 1 is 1.39 bits per heavy atom. The first-order valence-corrected chi connectivity index (χ1v) is 5.60. The van der Waals surface area contributed by atoms with E-state index in [0.29, 0.717) is 6.29 Å². The highest BCUT2D eigenvalue weighted by Gasteiger charge is 2.15. The van der Waals surface area contributed by atoms with Gasteiger partial charge in [-0.3, -0.25) is 14.4 Å². The molecule has 7 nitrogen and oxygen atoms in total. The van der Waals surface area contributed by atoms with Crippen molar-refractivity contribution in [2.24, 2.45) is 5.73 Å². The molecule has 106 valence electrons. The van der Waals surface area contributed by atoms with Gasteiger partial charge in [0.1, 0.15) is 12.8 Å². The number of aldehydes is 1. The summed E-state index contributed by atoms with van der Waals surface area (Å²) in [6, 6.07) is -0.752. The maximum Gasteiger partial charge on any atom is 0.325 e. The Morgan fingerprint density at radius 3 is 2.39 bits per heavy atom. The van der Waals surface area contributed by atoms with E-state index in [2.05, 4.69) is 10.1 Å². The molecule has 7 heteroatoms. The molecule has 1 amide bonds. The normalized spacial score (nSPS) is 10.4. The minimum absolute atomic E-state index is 0. The largest absolute Gasteiger partial charge is 0.468 e. The minimum atomic E-state index is -0.886. The van der Waals surface area contributed by atoms with Crippen LogP contribution in [0, 0.1) is 0 Å². The number of carbonyl (C=O) groups is 4. The molecule has 0 aromatic rings. The van der Waals surface area contributed by atoms with Crippen LogP contribution in [0.3, 0.4) is 0 Å². The molecular weight excluding hydrogens is 240 g/mol. The van der Waals surface area contributed by atoms with Crippen LogP contribution in [-0.4, -0.2) is 43.6 Å². The number of hydrogen-bond donors (Lipinski definition) is 2. The molecule has 0 aromatic heterocycles. The molecule has 0 heterocycles. The van der Waals surface area contributed by atoms with Crippen LogP contribution >= 0.6 is 0 Å². The second-order valence-electron chi connectivity index (χ2n) is 3.02. The molecule has 3 N–H and O–H groups in total. The molecule has 0 fully saturated rings. The van der Waals surface area contributed by atoms with E-state index in [1.165, 1.54) is 7.11 Å². The van der Waals surface area contributed by atoms with E-state index in [-0.39, 0.29) is 20.8 Å². The molecule has 1 atom stereocenters. The fraction of sp³-hybridized carbons (Fsp3) is 0.636. The lowest BCUT2D eigenvalue weighted by Crippen LogP contribution is -2.36. The highest BCUT2D eigenvalue weighted by molar-refractivity contribution is 6.36. The van der Waals surface area contributed by atoms with Crippen molar-refractivity contribution in [1.29, 1.82) is 0 Å². The van der Waals surface area contributed by atoms with Gasteiger partial charge in [-0.05, 0) is 6.42 Å². The van der Waals surface area contributed by atoms with Crippen LogP contribution in [0.4, 0.5) is 0 Å². The summed E-state index contributed by atoms with van der Waals surface area (Å²) in [5.41, 5.74) is 5.24. The summed E-state index contributed by atoms with van der Waals surface area (Å²) >= 11 is 0. The van der Waals surface area contributed by atoms with Crippen molar-refractivity contribution in [3.8, 4) is 0 Å². The highest BCUT2D eigenvalue weighted by atomic mass is 16.5. The molecular formula is C11H22N2O5. The Hall–Kier alpha value is -1.76. The molecule has 0 aliphatic heterocycles. The van der Waals surface area contributed by atoms with Gasteiger partial charge in [0.25, 0.3) is 5.91 Å². The van der Waals surface area contributed by atoms with Crippen molar-refractivity contribution in [3.05, 3.63) is 0 Å². The lowest BCUT2D eigenvalue weighted by molar-refractivity contribution is -0.143. The summed E-state index contributed by atoms with van der Waals surface area (Å²) in [7, 11) is 1.17. The standard InChI is InChI=1S/C9H14N2O5.C2H6.H2/c1-16-8(14)4-11-9(15)7(13)3-2-6(10)5-12;1-2;/h5-6H,2-4,10H2,1H3,(H,11,15);1-2H3;1H/t6-;;/m0../s1. The number of nitrogens with two attached hydrogens (primary N) is 1. The third kappa shape index (κ3) is 9.46. The predicted molar refractivity (Wildman–Crippen MR) is 66.8 cm³/mol. The maximum absolute atomic E-state index is 11.1. The lowest BCUT2D eigenvalue weighted by Gasteiger charge is -2.04. The number of methoxy groups -OCH3 is 1. The molecule has 0 aliphatic rings. The van der Waals surface area contributed by atoms with Crippen LogP contribution in [0.1, 0.15) is 28.1 Å². The third-order valence-electron chi connectivity index (χ3n) is 1.75. The van der Waals surface area contributed by atoms with Gasteiger partial charge in [-0.15, -0.1) is 0 Å². The van der Waals surface area contributed by atoms with E-state index < -0.39 is 23.7 Å². The lowest BCUT2D eigenvalue weighted by atomic mass is 10.1. The van der Waals surface area contributed by atoms with Gasteiger partial charge in [0.05, 0.1) is 13.2 Å². The zero-order valence-electron chi connectivity index (χ0n) is 10.9. The van der Waals surface area contributed by atoms with Crippen LogP contribution in [0.2, 0.25) is 0 Å². The maximum atomic E-state index is 11.1. The molecule has 0 radical (unpaired) electrons. The van der Waals surface area contributed by atoms with Gasteiger partial charge in [-0.2, -0.15) is 0 Å². The Balaban J connectivity index is -0.000000809. The van der Waals surface area contributed by atoms with Crippen LogP contribution < -0.4 is 11.1 Å². The summed E-state index contributed by atoms with van der Waals surface area (Å²) in [6.45, 7) is 3.64. The molecule has 0 rings (SSSR count). The zero-order valence-corrected chi connectivity index (χ0v) is 10.9. The number of ketones is 1. The van der Waals surface area contributed by atoms with Gasteiger partial charge in [0.15, 0.2) is 0 Å². The number of nitrogens with one attached hydrogen (secondary N) is 1. The number of hydrogen-bond acceptors (Lipinski definition) is 6. The van der Waals surface area contributed by atoms with Crippen molar-refractivity contribution in [2.45, 2.75) is 32.7 Å². The zero-order chi connectivity index (χ0) is 14.6. The number of ether oxygens (including phenoxy) is 1. The topological polar surface area (TPSA) is 116 Å². The van der Waals surface area contributed by atoms with E-state index in [1.807, 2.05) is 13.8 Å². The molecule has 18 heavy (non-hydrogen) atoms. The first kappa shape index (κ1) is 18.6. The Kier molecular flexibility index (Phi) is 12.1. The second-order valence-corrected chi connectivity index (χ2v) is 3.02. The molecule has 0 aromatic carbocycles. The van der Waals surface area contributed by atoms with E-state index in [4.69, 9.17) is 5.73 Å². The van der Waals surface area contributed by atoms with Gasteiger partial charge < -0.3 is 20.6 Å². The number of esters is 1. The van der Waals surface area contributed by atoms with Crippen LogP contribution in [0.5, 0.6) is 0 Å². The molecule has 0 bridgehead atoms. The van der Waals surface area contributed by atoms with Gasteiger partial charge in [0, 0.05) is 7.85 Å². The van der Waals surface area contributed by atoms with Gasteiger partial charge in [-0.25, -0.2) is 0 Å². The molecule has 0 saturated carbocycles. The SMILES string of the molecule is CC.COC(=O)CNC(=O)C(=O)CC[C@H](N)C=O.[HH]. The third-order valence-corrected chi connectivity index (χ3v) is 1.75. The fourth-order valence-corrected chi connectivity index (χ4v) is 0.803. The second kappa shape index (κ2) is 11.7. The minimum Gasteiger partial charge on any atom is -0.468 e.